The summed E-state index contributed by atoms with van der Waals surface area (Å²) in [6.45, 7) is 8.08. The third kappa shape index (κ3) is 1.70. The Morgan fingerprint density at radius 1 is 1.00 bits per heavy atom. The van der Waals surface area contributed by atoms with E-state index in [-0.39, 0.29) is 0 Å². The van der Waals surface area contributed by atoms with Gasteiger partial charge in [-0.1, -0.05) is 0 Å². The van der Waals surface area contributed by atoms with Gasteiger partial charge in [0.25, 0.3) is 0 Å². The third-order valence-electron chi connectivity index (χ3n) is 4.45. The summed E-state index contributed by atoms with van der Waals surface area (Å²) in [4.78, 5) is 2.48. The van der Waals surface area contributed by atoms with Crippen LogP contribution in [0.5, 0.6) is 0 Å². The lowest BCUT2D eigenvalue weighted by molar-refractivity contribution is 0.122. The summed E-state index contributed by atoms with van der Waals surface area (Å²) in [7, 11) is 0. The molecule has 1 fully saturated rings. The van der Waals surface area contributed by atoms with Crippen molar-refractivity contribution in [3.05, 3.63) is 46.8 Å². The van der Waals surface area contributed by atoms with Gasteiger partial charge in [-0.15, -0.1) is 0 Å². The quantitative estimate of drug-likeness (QED) is 0.675. The van der Waals surface area contributed by atoms with Crippen molar-refractivity contribution in [3.8, 4) is 5.69 Å². The molecule has 0 amide bonds. The van der Waals surface area contributed by atoms with Crippen LogP contribution in [0.4, 0.5) is 5.69 Å². The Kier molecular flexibility index (Phi) is 2.64. The van der Waals surface area contributed by atoms with Crippen LogP contribution >= 0.6 is 0 Å². The zero-order valence-electron chi connectivity index (χ0n) is 12.1. The van der Waals surface area contributed by atoms with Crippen LogP contribution in [0.2, 0.25) is 0 Å². The highest BCUT2D eigenvalue weighted by atomic mass is 16.5. The van der Waals surface area contributed by atoms with Gasteiger partial charge in [0.05, 0.1) is 18.9 Å². The second-order valence-corrected chi connectivity index (χ2v) is 5.86. The van der Waals surface area contributed by atoms with Gasteiger partial charge in [0, 0.05) is 42.1 Å². The summed E-state index contributed by atoms with van der Waals surface area (Å²) in [6.07, 6.45) is 1.05. The summed E-state index contributed by atoms with van der Waals surface area (Å²) in [5.74, 6) is 0. The number of aromatic nitrogens is 1. The molecule has 0 bridgehead atoms. The zero-order chi connectivity index (χ0) is 13.7. The molecule has 20 heavy (non-hydrogen) atoms. The van der Waals surface area contributed by atoms with Crippen molar-refractivity contribution in [1.29, 1.82) is 0 Å². The van der Waals surface area contributed by atoms with Gasteiger partial charge in [-0.05, 0) is 43.7 Å². The van der Waals surface area contributed by atoms with Gasteiger partial charge in [0.2, 0.25) is 0 Å². The van der Waals surface area contributed by atoms with E-state index in [0.29, 0.717) is 0 Å². The van der Waals surface area contributed by atoms with Crippen LogP contribution in [0, 0.1) is 13.8 Å². The summed E-state index contributed by atoms with van der Waals surface area (Å²) in [5, 5.41) is 0. The molecule has 3 nitrogen and oxygen atoms in total. The minimum Gasteiger partial charge on any atom is -0.378 e. The van der Waals surface area contributed by atoms with E-state index in [2.05, 4.69) is 47.6 Å². The van der Waals surface area contributed by atoms with Crippen LogP contribution in [-0.2, 0) is 11.2 Å². The lowest BCUT2D eigenvalue weighted by Gasteiger charge is -2.31. The topological polar surface area (TPSA) is 17.4 Å². The van der Waals surface area contributed by atoms with Crippen LogP contribution in [0.3, 0.4) is 0 Å². The van der Waals surface area contributed by atoms with E-state index in [4.69, 9.17) is 4.74 Å². The number of hydrogen-bond acceptors (Lipinski definition) is 2. The van der Waals surface area contributed by atoms with E-state index < -0.39 is 0 Å². The first-order chi connectivity index (χ1) is 9.74. The highest BCUT2D eigenvalue weighted by Gasteiger charge is 2.25. The van der Waals surface area contributed by atoms with Crippen LogP contribution in [0.25, 0.3) is 5.69 Å². The maximum atomic E-state index is 5.49. The Balaban J connectivity index is 1.86. The number of ether oxygens (including phenoxy) is 1. The smallest absolute Gasteiger partial charge is 0.0642 e. The Hall–Kier alpha value is -1.74. The molecular formula is C17H20N2O. The number of morpholine rings is 1. The Bertz CT molecular complexity index is 666. The molecule has 104 valence electrons. The molecule has 1 aromatic carbocycles. The van der Waals surface area contributed by atoms with Gasteiger partial charge in [0.15, 0.2) is 0 Å². The molecule has 0 radical (unpaired) electrons. The van der Waals surface area contributed by atoms with Crippen molar-refractivity contribution >= 4 is 5.69 Å². The molecule has 2 aromatic rings. The van der Waals surface area contributed by atoms with E-state index in [1.807, 2.05) is 0 Å². The standard InChI is InChI=1S/C17H20N2O/c1-12-9-16(18-5-7-20-8-6-18)15-11-14-4-3-13(2)19(14)17(15)10-12/h3-4,9-10H,5-8,11H2,1-2H3. The van der Waals surface area contributed by atoms with Crippen LogP contribution in [0.1, 0.15) is 22.5 Å². The number of fused-ring (bicyclic) bond motifs is 3. The lowest BCUT2D eigenvalue weighted by Crippen LogP contribution is -2.36. The Morgan fingerprint density at radius 3 is 2.55 bits per heavy atom. The minimum atomic E-state index is 0.841. The molecule has 0 N–H and O–H groups in total. The average Bonchev–Trinajstić information content (AvgIpc) is 3.00. The van der Waals surface area contributed by atoms with Crippen LogP contribution in [-0.4, -0.2) is 30.9 Å². The molecule has 0 unspecified atom stereocenters. The minimum absolute atomic E-state index is 0.841. The van der Waals surface area contributed by atoms with E-state index in [0.717, 1.165) is 32.7 Å². The molecule has 2 aliphatic heterocycles. The fourth-order valence-electron chi connectivity index (χ4n) is 3.50. The van der Waals surface area contributed by atoms with E-state index in [1.165, 1.54) is 33.9 Å². The summed E-state index contributed by atoms with van der Waals surface area (Å²) >= 11 is 0. The molecule has 3 heteroatoms. The molecule has 1 aromatic heterocycles. The van der Waals surface area contributed by atoms with Gasteiger partial charge < -0.3 is 14.2 Å². The van der Waals surface area contributed by atoms with Crippen molar-refractivity contribution in [3.63, 3.8) is 0 Å². The largest absolute Gasteiger partial charge is 0.378 e. The van der Waals surface area contributed by atoms with E-state index >= 15 is 0 Å². The summed E-state index contributed by atoms with van der Waals surface area (Å²) in [5.41, 5.74) is 8.35. The highest BCUT2D eigenvalue weighted by molar-refractivity contribution is 5.68. The summed E-state index contributed by atoms with van der Waals surface area (Å²) < 4.78 is 7.90. The SMILES string of the molecule is Cc1cc(N2CCOCC2)c2c(c1)-n1c(C)ccc1C2. The number of rotatable bonds is 1. The first-order valence-corrected chi connectivity index (χ1v) is 7.38. The molecule has 3 heterocycles. The molecule has 0 spiro atoms. The third-order valence-corrected chi connectivity index (χ3v) is 4.45. The van der Waals surface area contributed by atoms with Crippen molar-refractivity contribution in [2.45, 2.75) is 20.3 Å². The number of hydrogen-bond donors (Lipinski definition) is 0. The van der Waals surface area contributed by atoms with Crippen molar-refractivity contribution < 1.29 is 4.74 Å². The Morgan fingerprint density at radius 2 is 1.75 bits per heavy atom. The first kappa shape index (κ1) is 12.0. The van der Waals surface area contributed by atoms with Gasteiger partial charge in [-0.25, -0.2) is 0 Å². The predicted octanol–water partition coefficient (Wildman–Crippen LogP) is 2.83. The highest BCUT2D eigenvalue weighted by Crippen LogP contribution is 2.37. The van der Waals surface area contributed by atoms with E-state index in [9.17, 15) is 0 Å². The van der Waals surface area contributed by atoms with Crippen LogP contribution < -0.4 is 4.90 Å². The maximum Gasteiger partial charge on any atom is 0.0642 e. The number of nitrogens with zero attached hydrogens (tertiary/aromatic N) is 2. The number of anilines is 1. The Labute approximate surface area is 119 Å². The van der Waals surface area contributed by atoms with Gasteiger partial charge >= 0.3 is 0 Å². The van der Waals surface area contributed by atoms with E-state index in [1.54, 1.807) is 0 Å². The van der Waals surface area contributed by atoms with Gasteiger partial charge in [-0.2, -0.15) is 0 Å². The molecule has 0 atom stereocenters. The fraction of sp³-hybridized carbons (Fsp3) is 0.412. The van der Waals surface area contributed by atoms with Crippen molar-refractivity contribution in [2.75, 3.05) is 31.2 Å². The fourth-order valence-corrected chi connectivity index (χ4v) is 3.50. The van der Waals surface area contributed by atoms with Crippen LogP contribution in [0.15, 0.2) is 24.3 Å². The number of aryl methyl sites for hydroxylation is 2. The maximum absolute atomic E-state index is 5.49. The monoisotopic (exact) mass is 268 g/mol. The van der Waals surface area contributed by atoms with Crippen molar-refractivity contribution in [2.24, 2.45) is 0 Å². The normalized spacial score (nSPS) is 17.2. The zero-order valence-corrected chi connectivity index (χ0v) is 12.1. The molecule has 4 rings (SSSR count). The number of benzene rings is 1. The summed E-state index contributed by atoms with van der Waals surface area (Å²) in [6, 6.07) is 9.14. The first-order valence-electron chi connectivity index (χ1n) is 7.38. The lowest BCUT2D eigenvalue weighted by atomic mass is 10.0. The molecule has 2 aliphatic rings. The molecule has 0 saturated carbocycles. The van der Waals surface area contributed by atoms with Crippen molar-refractivity contribution in [1.82, 2.24) is 4.57 Å². The van der Waals surface area contributed by atoms with Gasteiger partial charge in [-0.3, -0.25) is 0 Å². The molecule has 1 saturated heterocycles. The second kappa shape index (κ2) is 4.38. The second-order valence-electron chi connectivity index (χ2n) is 5.86. The average molecular weight is 268 g/mol. The predicted molar refractivity (Wildman–Crippen MR) is 81.1 cm³/mol. The molecule has 0 aliphatic carbocycles. The van der Waals surface area contributed by atoms with Gasteiger partial charge in [0.1, 0.15) is 0 Å². The molecular weight excluding hydrogens is 248 g/mol.